The highest BCUT2D eigenvalue weighted by atomic mass is 32.2. The highest BCUT2D eigenvalue weighted by Gasteiger charge is 2.61. The van der Waals surface area contributed by atoms with E-state index in [9.17, 15) is 39.3 Å². The van der Waals surface area contributed by atoms with E-state index in [2.05, 4.69) is 135 Å². The van der Waals surface area contributed by atoms with Crippen molar-refractivity contribution in [2.75, 3.05) is 0 Å². The van der Waals surface area contributed by atoms with Crippen molar-refractivity contribution in [3.8, 4) is 0 Å². The van der Waals surface area contributed by atoms with Gasteiger partial charge in [-0.3, -0.25) is 0 Å². The maximum absolute atomic E-state index is 11.8. The van der Waals surface area contributed by atoms with Gasteiger partial charge in [0.25, 0.3) is 6.17 Å². The summed E-state index contributed by atoms with van der Waals surface area (Å²) in [7, 11) is -6.78. The second-order valence-electron chi connectivity index (χ2n) is 13.5. The molecule has 0 aliphatic heterocycles. The summed E-state index contributed by atoms with van der Waals surface area (Å²) in [5.74, 6) is 0. The molecule has 0 fully saturated rings. The van der Waals surface area contributed by atoms with E-state index < -0.39 is 27.7 Å². The molecule has 3 aromatic carbocycles. The van der Waals surface area contributed by atoms with Crippen molar-refractivity contribution < 1.29 is 39.3 Å². The van der Waals surface area contributed by atoms with Crippen molar-refractivity contribution in [1.82, 2.24) is 0 Å². The van der Waals surface area contributed by atoms with Crippen LogP contribution in [0.15, 0.2) is 87.5 Å². The molecule has 44 heavy (non-hydrogen) atoms. The molecule has 0 aliphatic rings. The Bertz CT molecular complexity index is 1340. The van der Waals surface area contributed by atoms with Gasteiger partial charge in [0.15, 0.2) is 24.8 Å². The minimum absolute atomic E-state index is 0.120. The highest BCUT2D eigenvalue weighted by Crippen LogP contribution is 2.38. The van der Waals surface area contributed by atoms with Gasteiger partial charge < -0.3 is 4.55 Å². The Morgan fingerprint density at radius 3 is 0.909 bits per heavy atom. The lowest BCUT2D eigenvalue weighted by Crippen LogP contribution is -2.46. The van der Waals surface area contributed by atoms with E-state index in [1.54, 1.807) is 0 Å². The monoisotopic (exact) mass is 662 g/mol. The molecule has 0 heterocycles. The fraction of sp³-hybridized carbons (Fsp3) is 0.455. The molecule has 3 aromatic rings. The molecule has 0 amide bonds. The van der Waals surface area contributed by atoms with Gasteiger partial charge in [-0.05, 0) is 69.3 Å². The van der Waals surface area contributed by atoms with Gasteiger partial charge in [-0.25, -0.2) is 12.8 Å². The van der Waals surface area contributed by atoms with Crippen LogP contribution in [-0.2, 0) is 37.3 Å². The smallest absolute Gasteiger partial charge is 0.426 e. The highest BCUT2D eigenvalue weighted by molar-refractivity contribution is 7.97. The lowest BCUT2D eigenvalue weighted by molar-refractivity contribution is -0.223. The molecule has 0 saturated heterocycles. The van der Waals surface area contributed by atoms with Crippen LogP contribution in [0.25, 0.3) is 0 Å². The number of benzene rings is 3. The number of alkyl halides is 6. The molecule has 0 spiro atoms. The quantitative estimate of drug-likeness (QED) is 0.155. The molecule has 11 heteroatoms. The predicted octanol–water partition coefficient (Wildman–Crippen LogP) is 9.70. The molecule has 1 atom stereocenters. The zero-order chi connectivity index (χ0) is 34.1. The van der Waals surface area contributed by atoms with Crippen molar-refractivity contribution >= 4 is 21.0 Å². The average molecular weight is 663 g/mol. The van der Waals surface area contributed by atoms with E-state index in [0.29, 0.717) is 0 Å². The number of halogens is 6. The van der Waals surface area contributed by atoms with E-state index in [4.69, 9.17) is 0 Å². The van der Waals surface area contributed by atoms with E-state index >= 15 is 0 Å². The number of hydrogen-bond acceptors (Lipinski definition) is 3. The van der Waals surface area contributed by atoms with Gasteiger partial charge in [-0.1, -0.05) is 98.7 Å². The van der Waals surface area contributed by atoms with Gasteiger partial charge in [-0.15, -0.1) is 0 Å². The molecule has 0 saturated carbocycles. The summed E-state index contributed by atoms with van der Waals surface area (Å²) in [6.07, 6.45) is -11.1. The Morgan fingerprint density at radius 1 is 0.545 bits per heavy atom. The topological polar surface area (TPSA) is 57.2 Å². The lowest BCUT2D eigenvalue weighted by Gasteiger charge is -2.24. The molecule has 1 unspecified atom stereocenters. The zero-order valence-corrected chi connectivity index (χ0v) is 27.9. The Kier molecular flexibility index (Phi) is 11.2. The van der Waals surface area contributed by atoms with Crippen LogP contribution in [0, 0.1) is 0 Å². The largest absolute Gasteiger partial charge is 0.743 e. The summed E-state index contributed by atoms with van der Waals surface area (Å²) in [5.41, 5.74) is 4.64. The van der Waals surface area contributed by atoms with Crippen LogP contribution >= 0.6 is 0 Å². The Hall–Kier alpha value is -2.50. The van der Waals surface area contributed by atoms with Gasteiger partial charge in [0.2, 0.25) is 0 Å². The maximum Gasteiger partial charge on any atom is 0.426 e. The Balaban J connectivity index is 0.000000439. The molecule has 0 aromatic heterocycles. The predicted molar refractivity (Wildman–Crippen MR) is 163 cm³/mol. The normalized spacial score (nSPS) is 14.2. The van der Waals surface area contributed by atoms with Crippen molar-refractivity contribution in [3.63, 3.8) is 0 Å². The lowest BCUT2D eigenvalue weighted by atomic mass is 9.87. The van der Waals surface area contributed by atoms with Gasteiger partial charge >= 0.3 is 11.4 Å². The molecule has 3 nitrogen and oxygen atoms in total. The summed E-state index contributed by atoms with van der Waals surface area (Å²) in [6.45, 7) is 20.5. The molecule has 0 N–H and O–H groups in total. The number of hydrogen-bond donors (Lipinski definition) is 0. The van der Waals surface area contributed by atoms with Crippen molar-refractivity contribution in [2.24, 2.45) is 0 Å². The van der Waals surface area contributed by atoms with E-state index in [0.717, 1.165) is 0 Å². The zero-order valence-electron chi connectivity index (χ0n) is 26.3. The van der Waals surface area contributed by atoms with Crippen molar-refractivity contribution in [1.29, 1.82) is 0 Å². The first-order chi connectivity index (χ1) is 19.7. The van der Waals surface area contributed by atoms with Crippen LogP contribution in [0.5, 0.6) is 0 Å². The molecule has 3 rings (SSSR count). The van der Waals surface area contributed by atoms with Crippen molar-refractivity contribution in [3.05, 3.63) is 89.5 Å². The van der Waals surface area contributed by atoms with Crippen LogP contribution in [-0.4, -0.2) is 30.6 Å². The van der Waals surface area contributed by atoms with Gasteiger partial charge in [0, 0.05) is 0 Å². The first kappa shape index (κ1) is 37.7. The summed E-state index contributed by atoms with van der Waals surface area (Å²) in [4.78, 5) is 4.13. The van der Waals surface area contributed by atoms with Gasteiger partial charge in [-0.2, -0.15) is 22.0 Å². The van der Waals surface area contributed by atoms with Crippen LogP contribution in [0.1, 0.15) is 79.0 Å². The molecular weight excluding hydrogens is 622 g/mol. The minimum Gasteiger partial charge on any atom is -0.743 e. The number of rotatable bonds is 5. The fourth-order valence-corrected chi connectivity index (χ4v) is 6.43. The fourth-order valence-electron chi connectivity index (χ4n) is 4.00. The molecule has 0 radical (unpaired) electrons. The standard InChI is InChI=1S/C30H39S.C3H2F6O3S/c1-28(2,3)22-10-16-25(17-11-22)31(26-18-12-23(13-19-26)29(4,5)6)27-20-14-24(15-21-27)30(7,8)9;4-1(2(5,6)7)3(8,9)13(10,11)12/h10-21H,1-9H3;1H,(H,10,11,12)/q+1;/p-1. The van der Waals surface area contributed by atoms with E-state index in [-0.39, 0.29) is 27.1 Å². The minimum atomic E-state index is -6.66. The van der Waals surface area contributed by atoms with Crippen LogP contribution in [0.2, 0.25) is 0 Å². The first-order valence-corrected chi connectivity index (χ1v) is 16.4. The third kappa shape index (κ3) is 9.50. The van der Waals surface area contributed by atoms with Crippen LogP contribution in [0.4, 0.5) is 26.3 Å². The van der Waals surface area contributed by atoms with Gasteiger partial charge in [0.05, 0.1) is 10.9 Å². The molecule has 0 aliphatic carbocycles. The molecule has 244 valence electrons. The Morgan fingerprint density at radius 2 is 0.773 bits per heavy atom. The third-order valence-electron chi connectivity index (χ3n) is 6.78. The maximum atomic E-state index is 11.8. The molecular formula is C33H40F6O3S2. The Labute approximate surface area is 260 Å². The van der Waals surface area contributed by atoms with Crippen LogP contribution in [0.3, 0.4) is 0 Å². The van der Waals surface area contributed by atoms with Gasteiger partial charge in [0.1, 0.15) is 0 Å². The third-order valence-corrected chi connectivity index (χ3v) is 9.89. The summed E-state index contributed by atoms with van der Waals surface area (Å²) in [5, 5.41) is -5.99. The molecule has 0 bridgehead atoms. The summed E-state index contributed by atoms with van der Waals surface area (Å²) in [6, 6.07) is 27.8. The van der Waals surface area contributed by atoms with Crippen molar-refractivity contribution in [2.45, 2.75) is 111 Å². The van der Waals surface area contributed by atoms with Crippen LogP contribution < -0.4 is 0 Å². The average Bonchev–Trinajstić information content (AvgIpc) is 2.87. The SMILES string of the molecule is CC(C)(C)c1ccc([S+](c2ccc(C(C)(C)C)cc2)c2ccc(C(C)(C)C)cc2)cc1.O=S(=O)([O-])C(F)(F)C(F)C(F)(F)F. The van der Waals surface area contributed by atoms with E-state index in [1.807, 2.05) is 0 Å². The second-order valence-corrected chi connectivity index (χ2v) is 17.0. The summed E-state index contributed by atoms with van der Waals surface area (Å²) < 4.78 is 97.5. The van der Waals surface area contributed by atoms with E-state index in [1.165, 1.54) is 31.4 Å². The summed E-state index contributed by atoms with van der Waals surface area (Å²) >= 11 is 0. The second kappa shape index (κ2) is 13.1. The first-order valence-electron chi connectivity index (χ1n) is 13.8.